The van der Waals surface area contributed by atoms with Gasteiger partial charge in [0.25, 0.3) is 5.56 Å². The molecule has 9 nitrogen and oxygen atoms in total. The maximum absolute atomic E-state index is 13.9. The van der Waals surface area contributed by atoms with Gasteiger partial charge in [0.05, 0.1) is 46.8 Å². The van der Waals surface area contributed by atoms with Crippen LogP contribution >= 0.6 is 22.9 Å². The van der Waals surface area contributed by atoms with Crippen LogP contribution in [0.1, 0.15) is 0 Å². The molecule has 162 valence electrons. The number of halogens is 2. The maximum atomic E-state index is 13.9. The Morgan fingerprint density at radius 1 is 1.09 bits per heavy atom. The Morgan fingerprint density at radius 3 is 2.59 bits per heavy atom. The fourth-order valence-electron chi connectivity index (χ4n) is 3.58. The molecule has 0 aliphatic carbocycles. The Kier molecular flexibility index (Phi) is 4.53. The average molecular weight is 474 g/mol. The largest absolute Gasteiger partial charge is 0.494 e. The molecule has 0 radical (unpaired) electrons. The molecule has 0 spiro atoms. The zero-order chi connectivity index (χ0) is 22.7. The topological polar surface area (TPSA) is 115 Å². The van der Waals surface area contributed by atoms with E-state index in [-0.39, 0.29) is 21.2 Å². The second-order valence-electron chi connectivity index (χ2n) is 6.93. The number of hydrogen-bond donors (Lipinski definition) is 2. The third-order valence-corrected chi connectivity index (χ3v) is 6.57. The third-order valence-electron chi connectivity index (χ3n) is 5.10. The number of ether oxygens (including phenoxy) is 1. The molecule has 0 saturated carbocycles. The highest BCUT2D eigenvalue weighted by atomic mass is 35.5. The van der Waals surface area contributed by atoms with E-state index in [1.54, 1.807) is 6.07 Å². The Morgan fingerprint density at radius 2 is 1.84 bits per heavy atom. The highest BCUT2D eigenvalue weighted by Crippen LogP contribution is 2.38. The molecule has 0 saturated heterocycles. The molecule has 1 aromatic carbocycles. The van der Waals surface area contributed by atoms with Crippen molar-refractivity contribution in [2.75, 3.05) is 7.11 Å². The molecule has 0 aliphatic rings. The normalized spacial score (nSPS) is 11.5. The van der Waals surface area contributed by atoms with E-state index in [4.69, 9.17) is 16.3 Å². The van der Waals surface area contributed by atoms with Gasteiger partial charge in [-0.2, -0.15) is 0 Å². The summed E-state index contributed by atoms with van der Waals surface area (Å²) in [6, 6.07) is 4.15. The summed E-state index contributed by atoms with van der Waals surface area (Å²) < 4.78 is 21.4. The van der Waals surface area contributed by atoms with Gasteiger partial charge in [0.15, 0.2) is 11.6 Å². The zero-order valence-corrected chi connectivity index (χ0v) is 18.1. The molecule has 0 aliphatic heterocycles. The first-order valence-electron chi connectivity index (χ1n) is 9.15. The Bertz CT molecular complexity index is 1730. The number of methoxy groups -OCH3 is 1. The van der Waals surface area contributed by atoms with Crippen LogP contribution in [0.15, 0.2) is 45.0 Å². The molecule has 0 atom stereocenters. The van der Waals surface area contributed by atoms with Crippen molar-refractivity contribution in [2.24, 2.45) is 7.05 Å². The number of H-pyrrole nitrogens is 2. The number of hydrogen-bond acceptors (Lipinski definition) is 6. The van der Waals surface area contributed by atoms with Gasteiger partial charge >= 0.3 is 11.4 Å². The molecule has 5 rings (SSSR count). The summed E-state index contributed by atoms with van der Waals surface area (Å²) in [6.45, 7) is 0. The number of thiophene rings is 1. The summed E-state index contributed by atoms with van der Waals surface area (Å²) in [5.41, 5.74) is -0.0244. The highest BCUT2D eigenvalue weighted by molar-refractivity contribution is 7.22. The van der Waals surface area contributed by atoms with Crippen LogP contribution < -0.4 is 21.7 Å². The molecule has 4 heterocycles. The van der Waals surface area contributed by atoms with Crippen LogP contribution in [0.3, 0.4) is 0 Å². The van der Waals surface area contributed by atoms with Crippen molar-refractivity contribution in [3.63, 3.8) is 0 Å². The second kappa shape index (κ2) is 7.18. The molecule has 0 fully saturated rings. The molecule has 2 N–H and O–H groups in total. The lowest BCUT2D eigenvalue weighted by Gasteiger charge is -2.06. The first-order valence-corrected chi connectivity index (χ1v) is 10.3. The molecule has 0 amide bonds. The number of nitrogens with zero attached hydrogens (tertiary/aromatic N) is 3. The number of aromatic nitrogens is 5. The summed E-state index contributed by atoms with van der Waals surface area (Å²) in [7, 11) is 2.86. The predicted octanol–water partition coefficient (Wildman–Crippen LogP) is 2.78. The van der Waals surface area contributed by atoms with E-state index in [1.807, 2.05) is 0 Å². The van der Waals surface area contributed by atoms with Crippen LogP contribution in [0, 0.1) is 5.82 Å². The smallest absolute Gasteiger partial charge is 0.333 e. The number of rotatable bonds is 3. The number of benzene rings is 1. The minimum atomic E-state index is -0.697. The fraction of sp³-hybridized carbons (Fsp3) is 0.100. The van der Waals surface area contributed by atoms with E-state index in [0.29, 0.717) is 27.0 Å². The Hall–Kier alpha value is -3.70. The lowest BCUT2D eigenvalue weighted by atomic mass is 10.1. The van der Waals surface area contributed by atoms with E-state index in [2.05, 4.69) is 15.0 Å². The zero-order valence-electron chi connectivity index (χ0n) is 16.5. The first kappa shape index (κ1) is 20.2. The van der Waals surface area contributed by atoms with Crippen molar-refractivity contribution >= 4 is 44.2 Å². The van der Waals surface area contributed by atoms with E-state index in [1.165, 1.54) is 37.2 Å². The molecule has 0 unspecified atom stereocenters. The average Bonchev–Trinajstić information content (AvgIpc) is 3.29. The van der Waals surface area contributed by atoms with Crippen molar-refractivity contribution in [2.45, 2.75) is 0 Å². The van der Waals surface area contributed by atoms with Crippen LogP contribution in [-0.2, 0) is 7.05 Å². The summed E-state index contributed by atoms with van der Waals surface area (Å²) in [5, 5.41) is 0.133. The van der Waals surface area contributed by atoms with Gasteiger partial charge in [-0.15, -0.1) is 11.3 Å². The molecule has 32 heavy (non-hydrogen) atoms. The van der Waals surface area contributed by atoms with Crippen molar-refractivity contribution < 1.29 is 9.13 Å². The molecule has 5 aromatic rings. The third kappa shape index (κ3) is 2.89. The van der Waals surface area contributed by atoms with Crippen LogP contribution in [0.25, 0.3) is 37.4 Å². The first-order chi connectivity index (χ1) is 15.3. The van der Waals surface area contributed by atoms with Crippen LogP contribution in [0.2, 0.25) is 5.02 Å². The van der Waals surface area contributed by atoms with Gasteiger partial charge in [-0.3, -0.25) is 14.3 Å². The summed E-state index contributed by atoms with van der Waals surface area (Å²) in [4.78, 5) is 48.1. The number of imidazole rings is 1. The van der Waals surface area contributed by atoms with Gasteiger partial charge in [-0.05, 0) is 18.2 Å². The fourth-order valence-corrected chi connectivity index (χ4v) is 4.97. The Balaban J connectivity index is 1.79. The van der Waals surface area contributed by atoms with E-state index >= 15 is 0 Å². The van der Waals surface area contributed by atoms with Gasteiger partial charge in [0.2, 0.25) is 0 Å². The second-order valence-corrected chi connectivity index (χ2v) is 8.39. The number of aryl methyl sites for hydroxylation is 1. The minimum absolute atomic E-state index is 0.00103. The molecule has 0 bridgehead atoms. The van der Waals surface area contributed by atoms with Crippen molar-refractivity contribution in [1.82, 2.24) is 24.1 Å². The van der Waals surface area contributed by atoms with Crippen LogP contribution in [0.5, 0.6) is 5.75 Å². The van der Waals surface area contributed by atoms with Crippen molar-refractivity contribution in [3.8, 4) is 21.9 Å². The number of aromatic amines is 2. The van der Waals surface area contributed by atoms with Crippen LogP contribution in [0.4, 0.5) is 4.39 Å². The van der Waals surface area contributed by atoms with Gasteiger partial charge in [-0.1, -0.05) is 11.6 Å². The quantitative estimate of drug-likeness (QED) is 0.418. The highest BCUT2D eigenvalue weighted by Gasteiger charge is 2.19. The summed E-state index contributed by atoms with van der Waals surface area (Å²) in [5.74, 6) is -0.616. The molecule has 12 heteroatoms. The molecular weight excluding hydrogens is 461 g/mol. The summed E-state index contributed by atoms with van der Waals surface area (Å²) in [6.07, 6.45) is 2.78. The lowest BCUT2D eigenvalue weighted by Crippen LogP contribution is -2.33. The van der Waals surface area contributed by atoms with Gasteiger partial charge in [-0.25, -0.2) is 18.5 Å². The molecular formula is C20H13ClFN5O4S. The number of nitrogens with one attached hydrogen (secondary N) is 2. The maximum Gasteiger partial charge on any atom is 0.333 e. The van der Waals surface area contributed by atoms with E-state index < -0.39 is 22.8 Å². The minimum Gasteiger partial charge on any atom is -0.494 e. The number of pyridine rings is 1. The number of fused-ring (bicyclic) bond motifs is 2. The van der Waals surface area contributed by atoms with Crippen molar-refractivity contribution in [3.05, 3.63) is 72.8 Å². The van der Waals surface area contributed by atoms with Crippen LogP contribution in [-0.4, -0.2) is 31.2 Å². The van der Waals surface area contributed by atoms with Crippen molar-refractivity contribution in [1.29, 1.82) is 0 Å². The summed E-state index contributed by atoms with van der Waals surface area (Å²) >= 11 is 7.30. The van der Waals surface area contributed by atoms with E-state index in [9.17, 15) is 18.8 Å². The van der Waals surface area contributed by atoms with Gasteiger partial charge in [0.1, 0.15) is 4.70 Å². The van der Waals surface area contributed by atoms with E-state index in [0.717, 1.165) is 22.0 Å². The van der Waals surface area contributed by atoms with Gasteiger partial charge < -0.3 is 14.7 Å². The molecule has 4 aromatic heterocycles. The monoisotopic (exact) mass is 473 g/mol. The van der Waals surface area contributed by atoms with Gasteiger partial charge in [0, 0.05) is 17.5 Å². The Labute approximate surface area is 186 Å². The predicted molar refractivity (Wildman–Crippen MR) is 120 cm³/mol. The standard InChI is InChI=1S/C20H13ClFN5O4S/c1-26-16-12(25-19(26)29)6-23-7-13(16)27-18(28)17-11(24-20(27)30)5-15(32-17)8-3-14(31-2)10(22)4-9(8)21/h3-7H,1-2H3,(H,24,30)(H,25,29). The SMILES string of the molecule is COc1cc(-c2cc3[nH]c(=O)n(-c4cncc5[nH]c(=O)n(C)c45)c(=O)c3s2)c(Cl)cc1F. The lowest BCUT2D eigenvalue weighted by molar-refractivity contribution is 0.387.